The Balaban J connectivity index is 1.57. The van der Waals surface area contributed by atoms with Crippen molar-refractivity contribution in [2.45, 2.75) is 38.2 Å². The first-order chi connectivity index (χ1) is 9.72. The number of aromatic nitrogens is 1. The van der Waals surface area contributed by atoms with Crippen LogP contribution in [0.15, 0.2) is 18.5 Å². The number of piperidine rings is 1. The van der Waals surface area contributed by atoms with Gasteiger partial charge in [0.25, 0.3) is 0 Å². The van der Waals surface area contributed by atoms with Crippen LogP contribution in [0.1, 0.15) is 32.1 Å². The van der Waals surface area contributed by atoms with E-state index in [0.717, 1.165) is 19.4 Å². The topological polar surface area (TPSA) is 42.4 Å². The number of ether oxygens (including phenoxy) is 1. The van der Waals surface area contributed by atoms with Crippen molar-refractivity contribution in [2.24, 2.45) is 5.92 Å². The van der Waals surface area contributed by atoms with Crippen LogP contribution in [0.2, 0.25) is 5.02 Å². The summed E-state index contributed by atoms with van der Waals surface area (Å²) < 4.78 is 5.92. The third kappa shape index (κ3) is 3.42. The van der Waals surface area contributed by atoms with Crippen LogP contribution in [0.5, 0.6) is 5.75 Å². The highest BCUT2D eigenvalue weighted by Crippen LogP contribution is 2.33. The van der Waals surface area contributed by atoms with Crippen LogP contribution >= 0.6 is 11.6 Å². The zero-order valence-electron chi connectivity index (χ0n) is 11.4. The molecular formula is C15H19ClN2O2. The zero-order valence-corrected chi connectivity index (χ0v) is 12.2. The monoisotopic (exact) mass is 294 g/mol. The molecule has 1 saturated carbocycles. The number of carbonyl (C=O) groups excluding carboxylic acids is 1. The lowest BCUT2D eigenvalue weighted by Gasteiger charge is -2.33. The lowest BCUT2D eigenvalue weighted by Crippen LogP contribution is -2.44. The van der Waals surface area contributed by atoms with Crippen LogP contribution in [-0.2, 0) is 4.79 Å². The smallest absolute Gasteiger partial charge is 0.222 e. The predicted octanol–water partition coefficient (Wildman–Crippen LogP) is 2.90. The summed E-state index contributed by atoms with van der Waals surface area (Å²) in [7, 11) is 0. The van der Waals surface area contributed by atoms with Crippen molar-refractivity contribution < 1.29 is 9.53 Å². The van der Waals surface area contributed by atoms with Crippen LogP contribution in [0.4, 0.5) is 0 Å². The maximum absolute atomic E-state index is 12.1. The van der Waals surface area contributed by atoms with Gasteiger partial charge < -0.3 is 9.64 Å². The largest absolute Gasteiger partial charge is 0.487 e. The first-order valence-electron chi connectivity index (χ1n) is 7.26. The highest BCUT2D eigenvalue weighted by molar-refractivity contribution is 6.31. The minimum atomic E-state index is 0.0341. The lowest BCUT2D eigenvalue weighted by atomic mass is 10.1. The van der Waals surface area contributed by atoms with Gasteiger partial charge in [0.05, 0.1) is 6.54 Å². The van der Waals surface area contributed by atoms with Crippen molar-refractivity contribution in [2.75, 3.05) is 13.1 Å². The quantitative estimate of drug-likeness (QED) is 0.857. The first-order valence-corrected chi connectivity index (χ1v) is 7.64. The van der Waals surface area contributed by atoms with Crippen molar-refractivity contribution in [1.29, 1.82) is 0 Å². The molecule has 2 aliphatic rings. The summed E-state index contributed by atoms with van der Waals surface area (Å²) in [5.74, 6) is 1.57. The van der Waals surface area contributed by atoms with Gasteiger partial charge in [0.1, 0.15) is 16.9 Å². The Kier molecular flexibility index (Phi) is 4.10. The van der Waals surface area contributed by atoms with E-state index in [9.17, 15) is 4.79 Å². The SMILES string of the molecule is O=C(CC1CC1)N1CCCC(Oc2ccncc2Cl)C1. The van der Waals surface area contributed by atoms with Crippen molar-refractivity contribution in [3.8, 4) is 5.75 Å². The van der Waals surface area contributed by atoms with E-state index in [-0.39, 0.29) is 12.0 Å². The fraction of sp³-hybridized carbons (Fsp3) is 0.600. The molecule has 0 bridgehead atoms. The molecule has 0 spiro atoms. The molecule has 1 amide bonds. The Bertz CT molecular complexity index is 491. The lowest BCUT2D eigenvalue weighted by molar-refractivity contribution is -0.134. The number of halogens is 1. The van der Waals surface area contributed by atoms with E-state index in [1.807, 2.05) is 4.90 Å². The molecule has 5 heteroatoms. The van der Waals surface area contributed by atoms with Crippen molar-refractivity contribution >= 4 is 17.5 Å². The van der Waals surface area contributed by atoms with E-state index >= 15 is 0 Å². The van der Waals surface area contributed by atoms with Crippen molar-refractivity contribution in [1.82, 2.24) is 9.88 Å². The number of hydrogen-bond acceptors (Lipinski definition) is 3. The van der Waals surface area contributed by atoms with E-state index in [4.69, 9.17) is 16.3 Å². The van der Waals surface area contributed by atoms with E-state index in [2.05, 4.69) is 4.98 Å². The maximum atomic E-state index is 12.1. The third-order valence-electron chi connectivity index (χ3n) is 3.92. The predicted molar refractivity (Wildman–Crippen MR) is 76.8 cm³/mol. The van der Waals surface area contributed by atoms with Gasteiger partial charge in [-0.25, -0.2) is 0 Å². The minimum Gasteiger partial charge on any atom is -0.487 e. The summed E-state index contributed by atoms with van der Waals surface area (Å²) in [6.07, 6.45) is 8.37. The summed E-state index contributed by atoms with van der Waals surface area (Å²) in [6.45, 7) is 1.53. The van der Waals surface area contributed by atoms with Gasteiger partial charge in [-0.05, 0) is 31.6 Å². The number of amides is 1. The Morgan fingerprint density at radius 3 is 3.05 bits per heavy atom. The van der Waals surface area contributed by atoms with Gasteiger partial charge in [0.15, 0.2) is 0 Å². The third-order valence-corrected chi connectivity index (χ3v) is 4.20. The number of nitrogens with zero attached hydrogens (tertiary/aromatic N) is 2. The molecule has 3 rings (SSSR count). The second-order valence-corrected chi connectivity index (χ2v) is 6.08. The summed E-state index contributed by atoms with van der Waals surface area (Å²) in [5, 5.41) is 0.522. The van der Waals surface area contributed by atoms with E-state index in [1.165, 1.54) is 12.8 Å². The summed E-state index contributed by atoms with van der Waals surface area (Å²) in [5.41, 5.74) is 0. The van der Waals surface area contributed by atoms with Crippen LogP contribution in [0.3, 0.4) is 0 Å². The van der Waals surface area contributed by atoms with Gasteiger partial charge in [-0.2, -0.15) is 0 Å². The average Bonchev–Trinajstić information content (AvgIpc) is 3.26. The van der Waals surface area contributed by atoms with Gasteiger partial charge in [0, 0.05) is 31.4 Å². The first kappa shape index (κ1) is 13.7. The van der Waals surface area contributed by atoms with Gasteiger partial charge in [-0.1, -0.05) is 11.6 Å². The molecular weight excluding hydrogens is 276 g/mol. The molecule has 1 aromatic rings. The molecule has 108 valence electrons. The number of carbonyl (C=O) groups is 1. The fourth-order valence-electron chi connectivity index (χ4n) is 2.60. The summed E-state index contributed by atoms with van der Waals surface area (Å²) >= 11 is 6.05. The van der Waals surface area contributed by atoms with Gasteiger partial charge in [-0.15, -0.1) is 0 Å². The number of pyridine rings is 1. The summed E-state index contributed by atoms with van der Waals surface area (Å²) in [6, 6.07) is 1.77. The molecule has 2 fully saturated rings. The molecule has 1 atom stereocenters. The van der Waals surface area contributed by atoms with E-state index < -0.39 is 0 Å². The Hall–Kier alpha value is -1.29. The Morgan fingerprint density at radius 2 is 2.30 bits per heavy atom. The fourth-order valence-corrected chi connectivity index (χ4v) is 2.76. The second kappa shape index (κ2) is 6.00. The zero-order chi connectivity index (χ0) is 13.9. The number of likely N-dealkylation sites (tertiary alicyclic amines) is 1. The van der Waals surface area contributed by atoms with Gasteiger partial charge in [-0.3, -0.25) is 9.78 Å². The average molecular weight is 295 g/mol. The maximum Gasteiger partial charge on any atom is 0.222 e. The molecule has 0 radical (unpaired) electrons. The number of hydrogen-bond donors (Lipinski definition) is 0. The van der Waals surface area contributed by atoms with Crippen LogP contribution in [0.25, 0.3) is 0 Å². The van der Waals surface area contributed by atoms with Gasteiger partial charge >= 0.3 is 0 Å². The number of rotatable bonds is 4. The highest BCUT2D eigenvalue weighted by atomic mass is 35.5. The Morgan fingerprint density at radius 1 is 1.45 bits per heavy atom. The second-order valence-electron chi connectivity index (χ2n) is 5.68. The van der Waals surface area contributed by atoms with Gasteiger partial charge in [0.2, 0.25) is 5.91 Å². The van der Waals surface area contributed by atoms with Crippen LogP contribution in [0, 0.1) is 5.92 Å². The van der Waals surface area contributed by atoms with E-state index in [0.29, 0.717) is 29.7 Å². The van der Waals surface area contributed by atoms with Crippen LogP contribution in [-0.4, -0.2) is 35.0 Å². The van der Waals surface area contributed by atoms with Crippen molar-refractivity contribution in [3.63, 3.8) is 0 Å². The molecule has 0 aromatic carbocycles. The standard InChI is InChI=1S/C15H19ClN2O2/c16-13-9-17-6-5-14(13)20-12-2-1-7-18(10-12)15(19)8-11-3-4-11/h5-6,9,11-12H,1-4,7-8,10H2. The molecule has 1 aliphatic carbocycles. The summed E-state index contributed by atoms with van der Waals surface area (Å²) in [4.78, 5) is 18.0. The molecule has 20 heavy (non-hydrogen) atoms. The minimum absolute atomic E-state index is 0.0341. The van der Waals surface area contributed by atoms with Crippen LogP contribution < -0.4 is 4.74 Å². The molecule has 1 saturated heterocycles. The Labute approximate surface area is 124 Å². The molecule has 1 aliphatic heterocycles. The molecule has 1 aromatic heterocycles. The van der Waals surface area contributed by atoms with E-state index in [1.54, 1.807) is 18.5 Å². The molecule has 1 unspecified atom stereocenters. The normalized spacial score (nSPS) is 22.6. The molecule has 0 N–H and O–H groups in total. The van der Waals surface area contributed by atoms with Crippen molar-refractivity contribution in [3.05, 3.63) is 23.5 Å². The highest BCUT2D eigenvalue weighted by Gasteiger charge is 2.30. The molecule has 4 nitrogen and oxygen atoms in total. The molecule has 2 heterocycles.